The zero-order chi connectivity index (χ0) is 24.8. The van der Waals surface area contributed by atoms with E-state index in [0.29, 0.717) is 29.3 Å². The van der Waals surface area contributed by atoms with Gasteiger partial charge < -0.3 is 14.4 Å². The quantitative estimate of drug-likeness (QED) is 0.287. The molecule has 182 valence electrons. The smallest absolute Gasteiger partial charge is 0.186 e. The Kier molecular flexibility index (Phi) is 5.64. The van der Waals surface area contributed by atoms with E-state index in [0.717, 1.165) is 46.6 Å². The van der Waals surface area contributed by atoms with E-state index in [4.69, 9.17) is 31.2 Å². The van der Waals surface area contributed by atoms with E-state index < -0.39 is 0 Å². The van der Waals surface area contributed by atoms with E-state index >= 15 is 0 Å². The van der Waals surface area contributed by atoms with Crippen LogP contribution in [0.4, 0.5) is 0 Å². The molecular formula is C28H26ClN5O2. The molecule has 4 heterocycles. The van der Waals surface area contributed by atoms with E-state index in [2.05, 4.69) is 28.7 Å². The summed E-state index contributed by atoms with van der Waals surface area (Å²) in [4.78, 5) is 11.2. The first-order chi connectivity index (χ1) is 17.6. The maximum Gasteiger partial charge on any atom is 0.186 e. The lowest BCUT2D eigenvalue weighted by molar-refractivity contribution is 0.130. The van der Waals surface area contributed by atoms with Crippen molar-refractivity contribution in [2.75, 3.05) is 13.7 Å². The summed E-state index contributed by atoms with van der Waals surface area (Å²) in [5.74, 6) is 1.58. The highest BCUT2D eigenvalue weighted by molar-refractivity contribution is 6.32. The molecule has 1 saturated carbocycles. The summed E-state index contributed by atoms with van der Waals surface area (Å²) in [6, 6.07) is 12.1. The number of aromatic nitrogens is 4. The molecule has 0 spiro atoms. The largest absolute Gasteiger partial charge is 0.495 e. The minimum atomic E-state index is 0.254. The van der Waals surface area contributed by atoms with Crippen molar-refractivity contribution >= 4 is 17.2 Å². The van der Waals surface area contributed by atoms with Gasteiger partial charge in [0.25, 0.3) is 0 Å². The number of hydrogen-bond acceptors (Lipinski definition) is 6. The van der Waals surface area contributed by atoms with Crippen LogP contribution < -0.4 is 4.74 Å². The van der Waals surface area contributed by atoms with Gasteiger partial charge in [-0.2, -0.15) is 5.10 Å². The predicted molar refractivity (Wildman–Crippen MR) is 140 cm³/mol. The predicted octanol–water partition coefficient (Wildman–Crippen LogP) is 6.07. The molecule has 2 atom stereocenters. The fourth-order valence-corrected chi connectivity index (χ4v) is 5.60. The van der Waals surface area contributed by atoms with Gasteiger partial charge in [0, 0.05) is 42.3 Å². The van der Waals surface area contributed by atoms with Crippen molar-refractivity contribution < 1.29 is 9.47 Å². The molecule has 0 saturated heterocycles. The number of fused-ring (bicyclic) bond motifs is 3. The summed E-state index contributed by atoms with van der Waals surface area (Å²) < 4.78 is 13.2. The standard InChI is InChI=1S/C28H26ClN5O2/c1-4-36-17(2)33-16-20-13-21(33)15-22(20)24-9-12-31-28-26(19-5-6-23(29)25(14-19)35-3)27(32-34(24)28)18-7-10-30-11-8-18/h5-12,14,16,21-22H,2,4,13,15H2,1,3H3. The number of methoxy groups -OCH3 is 1. The molecule has 3 aromatic heterocycles. The van der Waals surface area contributed by atoms with Crippen LogP contribution in [-0.2, 0) is 4.74 Å². The fourth-order valence-electron chi connectivity index (χ4n) is 5.41. The maximum absolute atomic E-state index is 6.34. The van der Waals surface area contributed by atoms with Crippen LogP contribution >= 0.6 is 11.6 Å². The van der Waals surface area contributed by atoms with Gasteiger partial charge in [0.05, 0.1) is 30.0 Å². The Hall–Kier alpha value is -3.84. The van der Waals surface area contributed by atoms with Gasteiger partial charge in [-0.15, -0.1) is 0 Å². The zero-order valence-corrected chi connectivity index (χ0v) is 20.9. The van der Waals surface area contributed by atoms with E-state index in [1.165, 1.54) is 5.57 Å². The molecule has 0 N–H and O–H groups in total. The lowest BCUT2D eigenvalue weighted by Gasteiger charge is -2.29. The molecule has 1 fully saturated rings. The van der Waals surface area contributed by atoms with Gasteiger partial charge in [-0.3, -0.25) is 4.98 Å². The molecule has 1 aliphatic carbocycles. The lowest BCUT2D eigenvalue weighted by Crippen LogP contribution is -2.28. The summed E-state index contributed by atoms with van der Waals surface area (Å²) in [5.41, 5.74) is 6.96. The molecule has 0 amide bonds. The Morgan fingerprint density at radius 1 is 1.14 bits per heavy atom. The van der Waals surface area contributed by atoms with Crippen molar-refractivity contribution in [1.82, 2.24) is 24.5 Å². The average molecular weight is 500 g/mol. The van der Waals surface area contributed by atoms with Gasteiger partial charge in [-0.25, -0.2) is 9.50 Å². The number of hydrogen-bond donors (Lipinski definition) is 0. The van der Waals surface area contributed by atoms with E-state index in [9.17, 15) is 0 Å². The third-order valence-electron chi connectivity index (χ3n) is 7.02. The molecule has 1 aliphatic heterocycles. The van der Waals surface area contributed by atoms with Crippen molar-refractivity contribution in [3.8, 4) is 28.1 Å². The summed E-state index contributed by atoms with van der Waals surface area (Å²) in [6.45, 7) is 6.70. The Bertz CT molecular complexity index is 1500. The summed E-state index contributed by atoms with van der Waals surface area (Å²) in [7, 11) is 1.62. The van der Waals surface area contributed by atoms with Crippen molar-refractivity contribution in [3.05, 3.63) is 89.9 Å². The van der Waals surface area contributed by atoms with E-state index in [-0.39, 0.29) is 5.92 Å². The monoisotopic (exact) mass is 499 g/mol. The third-order valence-corrected chi connectivity index (χ3v) is 7.33. The number of nitrogens with zero attached hydrogens (tertiary/aromatic N) is 5. The maximum atomic E-state index is 6.34. The Balaban J connectivity index is 1.51. The van der Waals surface area contributed by atoms with Gasteiger partial charge >= 0.3 is 0 Å². The van der Waals surface area contributed by atoms with Crippen LogP contribution in [0.25, 0.3) is 28.0 Å². The number of benzene rings is 1. The van der Waals surface area contributed by atoms with Crippen LogP contribution in [-0.4, -0.2) is 44.2 Å². The third kappa shape index (κ3) is 3.62. The Morgan fingerprint density at radius 2 is 1.97 bits per heavy atom. The highest BCUT2D eigenvalue weighted by Crippen LogP contribution is 2.48. The van der Waals surface area contributed by atoms with Crippen molar-refractivity contribution in [2.24, 2.45) is 0 Å². The highest BCUT2D eigenvalue weighted by atomic mass is 35.5. The molecular weight excluding hydrogens is 474 g/mol. The SMILES string of the molecule is C=C(OCC)N1C=C2CC1CC2c1ccnc2c(-c3ccc(Cl)c(OC)c3)c(-c3ccncc3)nn12. The molecule has 2 aliphatic rings. The van der Waals surface area contributed by atoms with Crippen LogP contribution in [0.3, 0.4) is 0 Å². The van der Waals surface area contributed by atoms with Crippen LogP contribution in [0.5, 0.6) is 5.75 Å². The van der Waals surface area contributed by atoms with Crippen molar-refractivity contribution in [3.63, 3.8) is 0 Å². The first-order valence-electron chi connectivity index (χ1n) is 12.0. The van der Waals surface area contributed by atoms with Crippen molar-refractivity contribution in [1.29, 1.82) is 0 Å². The second-order valence-corrected chi connectivity index (χ2v) is 9.41. The van der Waals surface area contributed by atoms with Crippen LogP contribution in [0.15, 0.2) is 79.2 Å². The van der Waals surface area contributed by atoms with Crippen LogP contribution in [0.1, 0.15) is 31.4 Å². The first-order valence-corrected chi connectivity index (χ1v) is 12.4. The molecule has 1 aromatic carbocycles. The number of rotatable bonds is 7. The number of pyridine rings is 1. The second kappa shape index (κ2) is 8.99. The Labute approximate surface area is 214 Å². The topological polar surface area (TPSA) is 64.8 Å². The fraction of sp³-hybridized carbons (Fsp3) is 0.250. The van der Waals surface area contributed by atoms with Gasteiger partial charge in [0.1, 0.15) is 11.4 Å². The number of ether oxygens (including phenoxy) is 2. The van der Waals surface area contributed by atoms with Gasteiger partial charge in [0.2, 0.25) is 0 Å². The van der Waals surface area contributed by atoms with E-state index in [1.807, 2.05) is 48.0 Å². The molecule has 7 nitrogen and oxygen atoms in total. The minimum absolute atomic E-state index is 0.254. The highest BCUT2D eigenvalue weighted by Gasteiger charge is 2.41. The number of halogens is 1. The van der Waals surface area contributed by atoms with Crippen molar-refractivity contribution in [2.45, 2.75) is 31.7 Å². The Morgan fingerprint density at radius 3 is 2.69 bits per heavy atom. The zero-order valence-electron chi connectivity index (χ0n) is 20.2. The summed E-state index contributed by atoms with van der Waals surface area (Å²) in [5, 5.41) is 5.68. The van der Waals surface area contributed by atoms with Crippen LogP contribution in [0.2, 0.25) is 5.02 Å². The summed E-state index contributed by atoms with van der Waals surface area (Å²) >= 11 is 6.34. The van der Waals surface area contributed by atoms with E-state index in [1.54, 1.807) is 19.5 Å². The average Bonchev–Trinajstić information content (AvgIpc) is 3.62. The lowest BCUT2D eigenvalue weighted by atomic mass is 9.97. The van der Waals surface area contributed by atoms with Gasteiger partial charge in [0.15, 0.2) is 11.5 Å². The second-order valence-electron chi connectivity index (χ2n) is 9.00. The molecule has 8 heteroatoms. The molecule has 4 aromatic rings. The molecule has 2 unspecified atom stereocenters. The van der Waals surface area contributed by atoms with Gasteiger partial charge in [-0.1, -0.05) is 17.7 Å². The molecule has 6 rings (SSSR count). The molecule has 36 heavy (non-hydrogen) atoms. The minimum Gasteiger partial charge on any atom is -0.495 e. The first kappa shape index (κ1) is 22.6. The molecule has 2 bridgehead atoms. The van der Waals surface area contributed by atoms with Gasteiger partial charge in [-0.05, 0) is 67.8 Å². The molecule has 0 radical (unpaired) electrons. The summed E-state index contributed by atoms with van der Waals surface area (Å²) in [6.07, 6.45) is 9.61. The normalized spacial score (nSPS) is 18.5. The van der Waals surface area contributed by atoms with Crippen LogP contribution in [0, 0.1) is 0 Å².